The number of hydrogen-bond acceptors (Lipinski definition) is 3. The predicted octanol–water partition coefficient (Wildman–Crippen LogP) is 7.67. The van der Waals surface area contributed by atoms with Gasteiger partial charge in [-0.25, -0.2) is 0 Å². The summed E-state index contributed by atoms with van der Waals surface area (Å²) >= 11 is 0. The highest BCUT2D eigenvalue weighted by atomic mass is 16.6. The van der Waals surface area contributed by atoms with E-state index in [0.717, 1.165) is 12.8 Å². The summed E-state index contributed by atoms with van der Waals surface area (Å²) < 4.78 is 4.58. The zero-order chi connectivity index (χ0) is 20.3. The molecule has 1 aliphatic heterocycles. The van der Waals surface area contributed by atoms with Crippen LogP contribution in [0.1, 0.15) is 129 Å². The third-order valence-corrected chi connectivity index (χ3v) is 5.79. The van der Waals surface area contributed by atoms with Crippen molar-refractivity contribution in [3.8, 4) is 0 Å². The van der Waals surface area contributed by atoms with Crippen LogP contribution in [0.5, 0.6) is 0 Å². The van der Waals surface area contributed by atoms with Gasteiger partial charge in [-0.05, 0) is 25.7 Å². The smallest absolute Gasteiger partial charge is 0.317 e. The molecule has 3 heteroatoms. The number of hydrogen-bond donors (Lipinski definition) is 0. The highest BCUT2D eigenvalue weighted by Crippen LogP contribution is 2.22. The zero-order valence-electron chi connectivity index (χ0n) is 18.4. The average molecular weight is 393 g/mol. The summed E-state index contributed by atoms with van der Waals surface area (Å²) in [6.07, 6.45) is 28.3. The van der Waals surface area contributed by atoms with Crippen molar-refractivity contribution in [2.75, 3.05) is 0 Å². The van der Waals surface area contributed by atoms with Crippen LogP contribution in [0.3, 0.4) is 0 Å². The largest absolute Gasteiger partial charge is 0.393 e. The predicted molar refractivity (Wildman–Crippen MR) is 117 cm³/mol. The minimum Gasteiger partial charge on any atom is -0.393 e. The highest BCUT2D eigenvalue weighted by molar-refractivity contribution is 5.94. The number of unbranched alkanes of at least 4 members (excludes halogenated alkanes) is 15. The number of allylic oxidation sites excluding steroid dienone is 2. The third kappa shape index (κ3) is 14.0. The molecule has 1 unspecified atom stereocenters. The first-order valence-corrected chi connectivity index (χ1v) is 12.1. The van der Waals surface area contributed by atoms with Crippen LogP contribution in [0.15, 0.2) is 12.2 Å². The van der Waals surface area contributed by atoms with E-state index in [0.29, 0.717) is 6.42 Å². The van der Waals surface area contributed by atoms with Gasteiger partial charge in [-0.3, -0.25) is 9.59 Å². The normalized spacial score (nSPS) is 17.0. The molecular weight excluding hydrogens is 348 g/mol. The molecule has 0 bridgehead atoms. The molecule has 1 saturated heterocycles. The maximum atomic E-state index is 11.4. The number of ether oxygens (including phenoxy) is 1. The second-order valence-electron chi connectivity index (χ2n) is 8.45. The van der Waals surface area contributed by atoms with Gasteiger partial charge in [-0.2, -0.15) is 0 Å². The number of esters is 2. The maximum absolute atomic E-state index is 11.4. The molecule has 0 radical (unpaired) electrons. The quantitative estimate of drug-likeness (QED) is 0.0980. The fourth-order valence-corrected chi connectivity index (χ4v) is 3.98. The number of rotatable bonds is 19. The molecule has 0 amide bonds. The summed E-state index contributed by atoms with van der Waals surface area (Å²) in [6.45, 7) is 2.20. The summed E-state index contributed by atoms with van der Waals surface area (Å²) in [4.78, 5) is 22.4. The van der Waals surface area contributed by atoms with Crippen LogP contribution in [0.25, 0.3) is 0 Å². The zero-order valence-corrected chi connectivity index (χ0v) is 18.4. The molecule has 0 N–H and O–H groups in total. The number of cyclic esters (lactones) is 2. The van der Waals surface area contributed by atoms with Gasteiger partial charge in [-0.15, -0.1) is 0 Å². The molecule has 0 saturated carbocycles. The van der Waals surface area contributed by atoms with E-state index in [1.165, 1.54) is 103 Å². The lowest BCUT2D eigenvalue weighted by molar-refractivity contribution is -0.153. The van der Waals surface area contributed by atoms with Crippen molar-refractivity contribution < 1.29 is 14.3 Å². The molecule has 3 nitrogen and oxygen atoms in total. The Morgan fingerprint density at radius 3 is 1.61 bits per heavy atom. The standard InChI is InChI=1S/C25H44O3/c1-2-3-4-5-6-7-8-9-10-11-12-13-14-15-16-17-18-19-20-21-23-22-24(26)28-25(23)27/h3-4,23H,2,5-22H2,1H3/b4-3+. The van der Waals surface area contributed by atoms with Crippen LogP contribution < -0.4 is 0 Å². The molecule has 0 aliphatic carbocycles. The fourth-order valence-electron chi connectivity index (χ4n) is 3.98. The monoisotopic (exact) mass is 392 g/mol. The van der Waals surface area contributed by atoms with Crippen LogP contribution in [0.4, 0.5) is 0 Å². The Morgan fingerprint density at radius 2 is 1.18 bits per heavy atom. The maximum Gasteiger partial charge on any atom is 0.317 e. The number of carbonyl (C=O) groups is 2. The average Bonchev–Trinajstić information content (AvgIpc) is 3.00. The van der Waals surface area contributed by atoms with Crippen molar-refractivity contribution in [3.63, 3.8) is 0 Å². The van der Waals surface area contributed by atoms with E-state index in [1.807, 2.05) is 0 Å². The molecule has 1 heterocycles. The Kier molecular flexibility index (Phi) is 16.0. The molecule has 0 spiro atoms. The lowest BCUT2D eigenvalue weighted by atomic mass is 9.98. The van der Waals surface area contributed by atoms with Gasteiger partial charge in [0.05, 0.1) is 12.3 Å². The molecule has 1 atom stereocenters. The van der Waals surface area contributed by atoms with Gasteiger partial charge in [0.2, 0.25) is 0 Å². The molecule has 0 aromatic heterocycles. The van der Waals surface area contributed by atoms with Crippen LogP contribution in [-0.4, -0.2) is 11.9 Å². The second kappa shape index (κ2) is 17.9. The summed E-state index contributed by atoms with van der Waals surface area (Å²) in [6, 6.07) is 0. The molecule has 0 aromatic carbocycles. The first-order chi connectivity index (χ1) is 13.7. The first-order valence-electron chi connectivity index (χ1n) is 12.1. The Bertz CT molecular complexity index is 428. The lowest BCUT2D eigenvalue weighted by Crippen LogP contribution is -2.06. The van der Waals surface area contributed by atoms with E-state index in [1.54, 1.807) is 0 Å². The summed E-state index contributed by atoms with van der Waals surface area (Å²) in [7, 11) is 0. The summed E-state index contributed by atoms with van der Waals surface area (Å²) in [5.74, 6) is -0.800. The Hall–Kier alpha value is -1.12. The second-order valence-corrected chi connectivity index (χ2v) is 8.45. The minimum absolute atomic E-state index is 0.157. The van der Waals surface area contributed by atoms with Gasteiger partial charge in [0.25, 0.3) is 0 Å². The van der Waals surface area contributed by atoms with E-state index >= 15 is 0 Å². The topological polar surface area (TPSA) is 43.4 Å². The molecule has 1 aliphatic rings. The Balaban J connectivity index is 1.70. The van der Waals surface area contributed by atoms with Gasteiger partial charge in [-0.1, -0.05) is 109 Å². The summed E-state index contributed by atoms with van der Waals surface area (Å²) in [5.41, 5.74) is 0. The first kappa shape index (κ1) is 24.9. The van der Waals surface area contributed by atoms with Gasteiger partial charge in [0.1, 0.15) is 0 Å². The summed E-state index contributed by atoms with van der Waals surface area (Å²) in [5, 5.41) is 0. The third-order valence-electron chi connectivity index (χ3n) is 5.79. The molecule has 1 rings (SSSR count). The lowest BCUT2D eigenvalue weighted by Gasteiger charge is -2.05. The van der Waals surface area contributed by atoms with Crippen molar-refractivity contribution in [2.24, 2.45) is 5.92 Å². The Labute approximate surface area is 173 Å². The van der Waals surface area contributed by atoms with Crippen molar-refractivity contribution >= 4 is 11.9 Å². The fraction of sp³-hybridized carbons (Fsp3) is 0.840. The van der Waals surface area contributed by atoms with Gasteiger partial charge < -0.3 is 4.74 Å². The van der Waals surface area contributed by atoms with E-state index < -0.39 is 0 Å². The van der Waals surface area contributed by atoms with E-state index in [4.69, 9.17) is 0 Å². The molecular formula is C25H44O3. The van der Waals surface area contributed by atoms with Gasteiger partial charge in [0, 0.05) is 0 Å². The molecule has 162 valence electrons. The highest BCUT2D eigenvalue weighted by Gasteiger charge is 2.32. The van der Waals surface area contributed by atoms with Crippen LogP contribution in [0.2, 0.25) is 0 Å². The van der Waals surface area contributed by atoms with Gasteiger partial charge >= 0.3 is 11.9 Å². The molecule has 28 heavy (non-hydrogen) atoms. The van der Waals surface area contributed by atoms with Crippen molar-refractivity contribution in [2.45, 2.75) is 129 Å². The number of carbonyl (C=O) groups excluding carboxylic acids is 2. The van der Waals surface area contributed by atoms with E-state index in [2.05, 4.69) is 23.8 Å². The van der Waals surface area contributed by atoms with Crippen LogP contribution >= 0.6 is 0 Å². The minimum atomic E-state index is -0.342. The van der Waals surface area contributed by atoms with Crippen molar-refractivity contribution in [1.29, 1.82) is 0 Å². The van der Waals surface area contributed by atoms with Gasteiger partial charge in [0.15, 0.2) is 0 Å². The molecule has 1 fully saturated rings. The molecule has 0 aromatic rings. The van der Waals surface area contributed by atoms with Crippen LogP contribution in [-0.2, 0) is 14.3 Å². The van der Waals surface area contributed by atoms with Crippen molar-refractivity contribution in [1.82, 2.24) is 0 Å². The SMILES string of the molecule is CC/C=C/CCCCCCCCCCCCCCCCCC1CC(=O)OC1=O. The Morgan fingerprint density at radius 1 is 0.714 bits per heavy atom. The van der Waals surface area contributed by atoms with Crippen molar-refractivity contribution in [3.05, 3.63) is 12.2 Å². The van der Waals surface area contributed by atoms with E-state index in [-0.39, 0.29) is 17.9 Å². The van der Waals surface area contributed by atoms with Crippen LogP contribution in [0, 0.1) is 5.92 Å². The van der Waals surface area contributed by atoms with E-state index in [9.17, 15) is 9.59 Å².